The lowest BCUT2D eigenvalue weighted by atomic mass is 10.0. The molecule has 33 heavy (non-hydrogen) atoms. The largest absolute Gasteiger partial charge is 0.208 e. The van der Waals surface area contributed by atoms with Gasteiger partial charge < -0.3 is 0 Å². The Morgan fingerprint density at radius 1 is 0.394 bits per heavy atom. The molecule has 5 rings (SSSR count). The van der Waals surface area contributed by atoms with E-state index in [0.29, 0.717) is 17.5 Å². The first kappa shape index (κ1) is 21.2. The molecule has 0 N–H and O–H groups in total. The van der Waals surface area contributed by atoms with Crippen LogP contribution in [0, 0.1) is 13.8 Å². The maximum atomic E-state index is 4.83. The van der Waals surface area contributed by atoms with Crippen molar-refractivity contribution in [3.05, 3.63) is 113 Å². The summed E-state index contributed by atoms with van der Waals surface area (Å²) in [5.41, 5.74) is 7.64. The Morgan fingerprint density at radius 2 is 0.667 bits per heavy atom. The van der Waals surface area contributed by atoms with Crippen LogP contribution < -0.4 is 0 Å². The first-order chi connectivity index (χ1) is 16.0. The molecule has 0 saturated heterocycles. The third kappa shape index (κ3) is 4.76. The van der Waals surface area contributed by atoms with Gasteiger partial charge in [-0.25, -0.2) is 15.0 Å². The first-order valence-corrected chi connectivity index (χ1v) is 11.6. The molecule has 0 fully saturated rings. The molecular formula is C29H22BrN3. The average molecular weight is 492 g/mol. The lowest BCUT2D eigenvalue weighted by Crippen LogP contribution is -2.00. The quantitative estimate of drug-likeness (QED) is 0.256. The summed E-state index contributed by atoms with van der Waals surface area (Å²) in [7, 11) is 0. The van der Waals surface area contributed by atoms with E-state index in [1.807, 2.05) is 0 Å². The molecular weight excluding hydrogens is 470 g/mol. The molecule has 0 radical (unpaired) electrons. The average Bonchev–Trinajstić information content (AvgIpc) is 2.85. The Balaban J connectivity index is 1.59. The Labute approximate surface area is 202 Å². The number of halogens is 1. The van der Waals surface area contributed by atoms with Crippen molar-refractivity contribution in [1.29, 1.82) is 0 Å². The second-order valence-electron chi connectivity index (χ2n) is 8.12. The number of benzene rings is 4. The zero-order valence-electron chi connectivity index (χ0n) is 18.5. The minimum absolute atomic E-state index is 0.665. The molecule has 3 nitrogen and oxygen atoms in total. The highest BCUT2D eigenvalue weighted by Gasteiger charge is 2.12. The molecule has 4 aromatic carbocycles. The van der Waals surface area contributed by atoms with E-state index in [1.54, 1.807) is 0 Å². The van der Waals surface area contributed by atoms with Gasteiger partial charge in [-0.3, -0.25) is 0 Å². The van der Waals surface area contributed by atoms with Gasteiger partial charge in [-0.2, -0.15) is 0 Å². The van der Waals surface area contributed by atoms with Crippen molar-refractivity contribution < 1.29 is 0 Å². The molecule has 0 bridgehead atoms. The van der Waals surface area contributed by atoms with Crippen LogP contribution in [0.2, 0.25) is 0 Å². The van der Waals surface area contributed by atoms with Crippen molar-refractivity contribution in [3.8, 4) is 45.3 Å². The third-order valence-corrected chi connectivity index (χ3v) is 6.10. The highest BCUT2D eigenvalue weighted by Crippen LogP contribution is 2.28. The minimum atomic E-state index is 0.665. The fourth-order valence-corrected chi connectivity index (χ4v) is 3.89. The molecule has 5 aromatic rings. The van der Waals surface area contributed by atoms with E-state index in [2.05, 4.69) is 127 Å². The van der Waals surface area contributed by atoms with Gasteiger partial charge in [-0.05, 0) is 37.1 Å². The van der Waals surface area contributed by atoms with Gasteiger partial charge >= 0.3 is 0 Å². The Bertz CT molecular complexity index is 1330. The van der Waals surface area contributed by atoms with E-state index < -0.39 is 0 Å². The van der Waals surface area contributed by atoms with E-state index in [1.165, 1.54) is 16.7 Å². The van der Waals surface area contributed by atoms with Crippen LogP contribution in [0.4, 0.5) is 0 Å². The number of aryl methyl sites for hydroxylation is 2. The van der Waals surface area contributed by atoms with Gasteiger partial charge in [-0.15, -0.1) is 0 Å². The van der Waals surface area contributed by atoms with Crippen LogP contribution in [0.15, 0.2) is 102 Å². The molecule has 0 aliphatic heterocycles. The smallest absolute Gasteiger partial charge is 0.164 e. The zero-order valence-corrected chi connectivity index (χ0v) is 20.0. The number of aromatic nitrogens is 3. The summed E-state index contributed by atoms with van der Waals surface area (Å²) in [6.07, 6.45) is 0. The van der Waals surface area contributed by atoms with E-state index in [0.717, 1.165) is 26.7 Å². The van der Waals surface area contributed by atoms with E-state index in [9.17, 15) is 0 Å². The van der Waals surface area contributed by atoms with Crippen LogP contribution in [0.1, 0.15) is 11.1 Å². The second-order valence-corrected chi connectivity index (χ2v) is 9.04. The lowest BCUT2D eigenvalue weighted by molar-refractivity contribution is 1.07. The van der Waals surface area contributed by atoms with Gasteiger partial charge in [-0.1, -0.05) is 112 Å². The molecule has 0 spiro atoms. The number of rotatable bonds is 4. The molecule has 1 heterocycles. The van der Waals surface area contributed by atoms with Crippen molar-refractivity contribution in [2.75, 3.05) is 0 Å². The van der Waals surface area contributed by atoms with Gasteiger partial charge in [0.2, 0.25) is 0 Å². The number of hydrogen-bond acceptors (Lipinski definition) is 3. The van der Waals surface area contributed by atoms with E-state index in [-0.39, 0.29) is 0 Å². The summed E-state index contributed by atoms with van der Waals surface area (Å²) in [5.74, 6) is 2.01. The highest BCUT2D eigenvalue weighted by molar-refractivity contribution is 9.10. The second kappa shape index (κ2) is 9.08. The lowest BCUT2D eigenvalue weighted by Gasteiger charge is -2.09. The molecule has 4 heteroatoms. The van der Waals surface area contributed by atoms with Crippen molar-refractivity contribution in [2.24, 2.45) is 0 Å². The van der Waals surface area contributed by atoms with Gasteiger partial charge in [0.25, 0.3) is 0 Å². The van der Waals surface area contributed by atoms with E-state index >= 15 is 0 Å². The summed E-state index contributed by atoms with van der Waals surface area (Å²) in [6.45, 7) is 4.15. The molecule has 0 amide bonds. The topological polar surface area (TPSA) is 38.7 Å². The summed E-state index contributed by atoms with van der Waals surface area (Å²) < 4.78 is 1.07. The SMILES string of the molecule is Cc1ccc(-c2nc(-c3ccc(C)cc3)nc(-c3ccc(-c4ccc(Br)cc4)cc3)n2)cc1. The first-order valence-electron chi connectivity index (χ1n) is 10.8. The number of nitrogens with zero attached hydrogens (tertiary/aromatic N) is 3. The Morgan fingerprint density at radius 3 is 1.03 bits per heavy atom. The van der Waals surface area contributed by atoms with Crippen LogP contribution in [0.25, 0.3) is 45.3 Å². The summed E-state index contributed by atoms with van der Waals surface area (Å²) in [6, 6.07) is 33.2. The monoisotopic (exact) mass is 491 g/mol. The van der Waals surface area contributed by atoms with Crippen molar-refractivity contribution in [2.45, 2.75) is 13.8 Å². The summed E-state index contributed by atoms with van der Waals surface area (Å²) in [4.78, 5) is 14.5. The Hall–Kier alpha value is -3.63. The van der Waals surface area contributed by atoms with Crippen LogP contribution in [0.5, 0.6) is 0 Å². The molecule has 0 saturated carbocycles. The molecule has 0 unspecified atom stereocenters. The van der Waals surface area contributed by atoms with Gasteiger partial charge in [0, 0.05) is 21.2 Å². The van der Waals surface area contributed by atoms with E-state index in [4.69, 9.17) is 15.0 Å². The fraction of sp³-hybridized carbons (Fsp3) is 0.0690. The molecule has 160 valence electrons. The van der Waals surface area contributed by atoms with Crippen LogP contribution in [-0.2, 0) is 0 Å². The van der Waals surface area contributed by atoms with Gasteiger partial charge in [0.15, 0.2) is 17.5 Å². The molecule has 0 atom stereocenters. The third-order valence-electron chi connectivity index (χ3n) is 5.58. The van der Waals surface area contributed by atoms with Crippen molar-refractivity contribution in [3.63, 3.8) is 0 Å². The normalized spacial score (nSPS) is 10.9. The maximum absolute atomic E-state index is 4.83. The molecule has 0 aliphatic carbocycles. The summed E-state index contributed by atoms with van der Waals surface area (Å²) in [5, 5.41) is 0. The predicted octanol–water partition coefficient (Wildman–Crippen LogP) is 7.92. The molecule has 1 aromatic heterocycles. The molecule has 0 aliphatic rings. The predicted molar refractivity (Wildman–Crippen MR) is 139 cm³/mol. The summed E-state index contributed by atoms with van der Waals surface area (Å²) >= 11 is 3.50. The highest BCUT2D eigenvalue weighted by atomic mass is 79.9. The van der Waals surface area contributed by atoms with Crippen LogP contribution in [-0.4, -0.2) is 15.0 Å². The fourth-order valence-electron chi connectivity index (χ4n) is 3.62. The van der Waals surface area contributed by atoms with Gasteiger partial charge in [0.1, 0.15) is 0 Å². The van der Waals surface area contributed by atoms with Gasteiger partial charge in [0.05, 0.1) is 0 Å². The standard InChI is InChI=1S/C29H22BrN3/c1-19-3-7-23(8-4-19)27-31-28(24-9-5-20(2)6-10-24)33-29(32-27)25-13-11-21(12-14-25)22-15-17-26(30)18-16-22/h3-18H,1-2H3. The minimum Gasteiger partial charge on any atom is -0.208 e. The van der Waals surface area contributed by atoms with Crippen LogP contribution in [0.3, 0.4) is 0 Å². The van der Waals surface area contributed by atoms with Crippen molar-refractivity contribution >= 4 is 15.9 Å². The Kier molecular flexibility index (Phi) is 5.84. The van der Waals surface area contributed by atoms with Crippen LogP contribution >= 0.6 is 15.9 Å². The number of hydrogen-bond donors (Lipinski definition) is 0. The zero-order chi connectivity index (χ0) is 22.8. The van der Waals surface area contributed by atoms with Crippen molar-refractivity contribution in [1.82, 2.24) is 15.0 Å². The maximum Gasteiger partial charge on any atom is 0.164 e.